The minimum absolute atomic E-state index is 0.361. The van der Waals surface area contributed by atoms with Gasteiger partial charge in [0.05, 0.1) is 12.4 Å². The Morgan fingerprint density at radius 1 is 1.22 bits per heavy atom. The third-order valence-electron chi connectivity index (χ3n) is 6.20. The molecule has 4 aromatic rings. The van der Waals surface area contributed by atoms with Crippen molar-refractivity contribution in [3.05, 3.63) is 84.5 Å². The molecular weight excluding hydrogens is 476 g/mol. The fourth-order valence-electron chi connectivity index (χ4n) is 4.23. The molecule has 1 saturated heterocycles. The number of aliphatic hydroxyl groups is 1. The molecule has 0 saturated carbocycles. The molecule has 0 radical (unpaired) electrons. The van der Waals surface area contributed by atoms with Crippen molar-refractivity contribution in [2.75, 3.05) is 5.32 Å². The summed E-state index contributed by atoms with van der Waals surface area (Å²) in [6.45, 7) is 4.65. The topological polar surface area (TPSA) is 158 Å². The highest BCUT2D eigenvalue weighted by Gasteiger charge is 2.46. The average molecular weight is 503 g/mol. The minimum Gasteiger partial charge on any atom is -0.489 e. The fourth-order valence-corrected chi connectivity index (χ4v) is 4.23. The smallest absolute Gasteiger partial charge is 0.334 e. The first-order chi connectivity index (χ1) is 18.0. The second kappa shape index (κ2) is 10.3. The zero-order valence-electron chi connectivity index (χ0n) is 19.8. The van der Waals surface area contributed by atoms with Gasteiger partial charge in [0.2, 0.25) is 0 Å². The summed E-state index contributed by atoms with van der Waals surface area (Å²) in [5, 5.41) is 23.1. The number of aromatic nitrogens is 4. The zero-order valence-corrected chi connectivity index (χ0v) is 19.8. The van der Waals surface area contributed by atoms with Gasteiger partial charge in [-0.2, -0.15) is 0 Å². The predicted molar refractivity (Wildman–Crippen MR) is 135 cm³/mol. The highest BCUT2D eigenvalue weighted by atomic mass is 16.6. The van der Waals surface area contributed by atoms with Crippen LogP contribution in [-0.4, -0.2) is 54.0 Å². The summed E-state index contributed by atoms with van der Waals surface area (Å²) in [6.07, 6.45) is 0.885. The van der Waals surface area contributed by atoms with Gasteiger partial charge in [-0.1, -0.05) is 49.1 Å². The quantitative estimate of drug-likeness (QED) is 0.268. The molecule has 4 atom stereocenters. The molecule has 3 heterocycles. The van der Waals surface area contributed by atoms with Crippen LogP contribution in [0.4, 0.5) is 5.82 Å². The van der Waals surface area contributed by atoms with E-state index in [1.54, 1.807) is 6.08 Å². The van der Waals surface area contributed by atoms with E-state index in [0.29, 0.717) is 35.9 Å². The number of ether oxygens (including phenoxy) is 2. The molecule has 11 heteroatoms. The number of carboxylic acids is 1. The monoisotopic (exact) mass is 502 g/mol. The van der Waals surface area contributed by atoms with Crippen LogP contribution in [0.1, 0.15) is 22.9 Å². The van der Waals surface area contributed by atoms with Crippen molar-refractivity contribution >= 4 is 29.0 Å². The van der Waals surface area contributed by atoms with Crippen LogP contribution in [0.3, 0.4) is 0 Å². The Hall–Kier alpha value is -4.32. The van der Waals surface area contributed by atoms with Gasteiger partial charge < -0.3 is 30.7 Å². The number of rotatable bonds is 9. The first kappa shape index (κ1) is 24.4. The van der Waals surface area contributed by atoms with Crippen molar-refractivity contribution in [2.24, 2.45) is 5.73 Å². The van der Waals surface area contributed by atoms with Gasteiger partial charge in [0.15, 0.2) is 29.3 Å². The van der Waals surface area contributed by atoms with Crippen molar-refractivity contribution in [2.45, 2.75) is 37.6 Å². The number of hydrogen-bond acceptors (Lipinski definition) is 9. The summed E-state index contributed by atoms with van der Waals surface area (Å²) >= 11 is 0. The number of benzene rings is 2. The van der Waals surface area contributed by atoms with Gasteiger partial charge in [-0.3, -0.25) is 4.57 Å². The number of hydrogen-bond donors (Lipinski definition) is 4. The summed E-state index contributed by atoms with van der Waals surface area (Å²) < 4.78 is 13.1. The fraction of sp³-hybridized carbons (Fsp3) is 0.231. The molecular formula is C26H26N6O5. The van der Waals surface area contributed by atoms with Crippen LogP contribution in [0, 0.1) is 0 Å². The molecule has 0 aliphatic carbocycles. The highest BCUT2D eigenvalue weighted by molar-refractivity contribution is 5.83. The largest absolute Gasteiger partial charge is 0.489 e. The number of anilines is 1. The van der Waals surface area contributed by atoms with Gasteiger partial charge in [-0.25, -0.2) is 19.7 Å². The Labute approximate surface area is 212 Å². The molecule has 5 rings (SSSR count). The maximum Gasteiger partial charge on any atom is 0.334 e. The minimum atomic E-state index is -1.34. The lowest BCUT2D eigenvalue weighted by Crippen LogP contribution is -2.43. The van der Waals surface area contributed by atoms with Crippen LogP contribution in [0.2, 0.25) is 0 Å². The molecule has 37 heavy (non-hydrogen) atoms. The lowest BCUT2D eigenvalue weighted by Gasteiger charge is -2.17. The van der Waals surface area contributed by atoms with Crippen molar-refractivity contribution in [3.8, 4) is 5.75 Å². The maximum absolute atomic E-state index is 11.4. The van der Waals surface area contributed by atoms with Gasteiger partial charge in [0, 0.05) is 12.1 Å². The lowest BCUT2D eigenvalue weighted by molar-refractivity contribution is -0.152. The molecule has 0 spiro atoms. The highest BCUT2D eigenvalue weighted by Crippen LogP contribution is 2.32. The SMILES string of the molecule is C=Cc1ccc(OCc2ccccc2)c(CNc2ncnc3c2ncn3C2OC(C(=O)O)C(N)C2O)c1. The number of imidazole rings is 1. The van der Waals surface area contributed by atoms with Crippen LogP contribution < -0.4 is 15.8 Å². The van der Waals surface area contributed by atoms with Crippen LogP contribution in [0.15, 0.2) is 67.8 Å². The van der Waals surface area contributed by atoms with E-state index < -0.39 is 30.4 Å². The predicted octanol–water partition coefficient (Wildman–Crippen LogP) is 2.33. The van der Waals surface area contributed by atoms with Crippen LogP contribution in [0.25, 0.3) is 17.2 Å². The molecule has 0 bridgehead atoms. The van der Waals surface area contributed by atoms with Gasteiger partial charge in [-0.05, 0) is 23.3 Å². The summed E-state index contributed by atoms with van der Waals surface area (Å²) in [7, 11) is 0. The third-order valence-corrected chi connectivity index (χ3v) is 6.20. The molecule has 1 aliphatic rings. The van der Waals surface area contributed by atoms with E-state index in [-0.39, 0.29) is 0 Å². The number of fused-ring (bicyclic) bond motifs is 1. The first-order valence-electron chi connectivity index (χ1n) is 11.6. The molecule has 5 N–H and O–H groups in total. The molecule has 2 aromatic carbocycles. The van der Waals surface area contributed by atoms with Gasteiger partial charge in [0.25, 0.3) is 0 Å². The molecule has 11 nitrogen and oxygen atoms in total. The zero-order chi connectivity index (χ0) is 25.9. The van der Waals surface area contributed by atoms with E-state index in [4.69, 9.17) is 15.2 Å². The van der Waals surface area contributed by atoms with E-state index in [1.165, 1.54) is 17.2 Å². The van der Waals surface area contributed by atoms with Crippen molar-refractivity contribution < 1.29 is 24.5 Å². The average Bonchev–Trinajstić information content (AvgIpc) is 3.48. The Balaban J connectivity index is 1.37. The molecule has 0 amide bonds. The Morgan fingerprint density at radius 2 is 2.03 bits per heavy atom. The first-order valence-corrected chi connectivity index (χ1v) is 11.6. The summed E-state index contributed by atoms with van der Waals surface area (Å²) in [4.78, 5) is 24.4. The van der Waals surface area contributed by atoms with Crippen molar-refractivity contribution in [3.63, 3.8) is 0 Å². The van der Waals surface area contributed by atoms with E-state index in [1.807, 2.05) is 48.5 Å². The summed E-state index contributed by atoms with van der Waals surface area (Å²) in [5.74, 6) is -0.0789. The van der Waals surface area contributed by atoms with E-state index >= 15 is 0 Å². The molecule has 1 aliphatic heterocycles. The number of nitrogens with one attached hydrogen (secondary N) is 1. The standard InChI is InChI=1S/C26H26N6O5/c1-2-15-8-9-18(36-12-16-6-4-3-5-7-16)17(10-15)11-28-23-20-24(30-13-29-23)32(14-31-20)25-21(33)19(27)22(37-25)26(34)35/h2-10,13-14,19,21-22,25,33H,1,11-12,27H2,(H,34,35)(H,28,29,30). The Kier molecular flexibility index (Phi) is 6.82. The van der Waals surface area contributed by atoms with E-state index in [9.17, 15) is 15.0 Å². The van der Waals surface area contributed by atoms with Gasteiger partial charge >= 0.3 is 5.97 Å². The van der Waals surface area contributed by atoms with Crippen molar-refractivity contribution in [1.82, 2.24) is 19.5 Å². The van der Waals surface area contributed by atoms with Crippen LogP contribution in [-0.2, 0) is 22.7 Å². The van der Waals surface area contributed by atoms with Crippen LogP contribution in [0.5, 0.6) is 5.75 Å². The van der Waals surface area contributed by atoms with Gasteiger partial charge in [-0.15, -0.1) is 0 Å². The number of aliphatic carboxylic acids is 1. The summed E-state index contributed by atoms with van der Waals surface area (Å²) in [5.41, 5.74) is 9.53. The van der Waals surface area contributed by atoms with Crippen LogP contribution >= 0.6 is 0 Å². The van der Waals surface area contributed by atoms with E-state index in [0.717, 1.165) is 16.7 Å². The molecule has 1 fully saturated rings. The molecule has 190 valence electrons. The second-order valence-corrected chi connectivity index (χ2v) is 8.60. The lowest BCUT2D eigenvalue weighted by atomic mass is 10.1. The van der Waals surface area contributed by atoms with Gasteiger partial charge in [0.1, 0.15) is 24.8 Å². The number of nitrogens with zero attached hydrogens (tertiary/aromatic N) is 4. The number of nitrogens with two attached hydrogens (primary N) is 1. The number of aliphatic hydroxyl groups excluding tert-OH is 1. The molecule has 2 aromatic heterocycles. The normalized spacial score (nSPS) is 21.1. The summed E-state index contributed by atoms with van der Waals surface area (Å²) in [6, 6.07) is 14.6. The Morgan fingerprint density at radius 3 is 2.76 bits per heavy atom. The second-order valence-electron chi connectivity index (χ2n) is 8.60. The number of carboxylic acid groups (broad SMARTS) is 1. The molecule has 4 unspecified atom stereocenters. The Bertz CT molecular complexity index is 1430. The third kappa shape index (κ3) is 4.87. The van der Waals surface area contributed by atoms with E-state index in [2.05, 4.69) is 26.8 Å². The van der Waals surface area contributed by atoms with Crippen molar-refractivity contribution in [1.29, 1.82) is 0 Å². The number of carbonyl (C=O) groups is 1. The maximum atomic E-state index is 11.4.